The van der Waals surface area contributed by atoms with E-state index in [2.05, 4.69) is 22.0 Å². The highest BCUT2D eigenvalue weighted by Crippen LogP contribution is 2.31. The molecule has 2 aromatic carbocycles. The van der Waals surface area contributed by atoms with Gasteiger partial charge in [0.15, 0.2) is 6.61 Å². The van der Waals surface area contributed by atoms with Gasteiger partial charge in [0.1, 0.15) is 18.4 Å². The van der Waals surface area contributed by atoms with Crippen LogP contribution in [0.25, 0.3) is 11.4 Å². The molecule has 1 N–H and O–H groups in total. The van der Waals surface area contributed by atoms with Crippen molar-refractivity contribution in [3.63, 3.8) is 0 Å². The number of nitrogens with one attached hydrogen (secondary N) is 1. The number of likely N-dealkylation sites (tertiary alicyclic amines) is 1. The first-order valence-electron chi connectivity index (χ1n) is 11.1. The van der Waals surface area contributed by atoms with Crippen LogP contribution in [-0.4, -0.2) is 46.8 Å². The van der Waals surface area contributed by atoms with Crippen LogP contribution >= 0.6 is 0 Å². The summed E-state index contributed by atoms with van der Waals surface area (Å²) < 4.78 is 16.1. The molecular weight excluding hydrogens is 436 g/mol. The lowest BCUT2D eigenvalue weighted by molar-refractivity contribution is -0.138. The second-order valence-corrected chi connectivity index (χ2v) is 7.75. The summed E-state index contributed by atoms with van der Waals surface area (Å²) in [6.07, 6.45) is 3.56. The Hall–Kier alpha value is -4.14. The number of rotatable bonds is 8. The molecule has 1 saturated heterocycles. The van der Waals surface area contributed by atoms with Gasteiger partial charge in [-0.15, -0.1) is 0 Å². The zero-order valence-corrected chi connectivity index (χ0v) is 18.7. The molecule has 2 amide bonds. The van der Waals surface area contributed by atoms with Crippen LogP contribution < -0.4 is 10.1 Å². The van der Waals surface area contributed by atoms with E-state index in [1.165, 1.54) is 6.08 Å². The van der Waals surface area contributed by atoms with Gasteiger partial charge in [-0.3, -0.25) is 10.1 Å². The minimum absolute atomic E-state index is 0.0504. The molecule has 9 heteroatoms. The minimum atomic E-state index is -0.562. The predicted octanol–water partition coefficient (Wildman–Crippen LogP) is 4.60. The number of aromatic nitrogens is 2. The molecule has 1 unspecified atom stereocenters. The Morgan fingerprint density at radius 3 is 2.71 bits per heavy atom. The van der Waals surface area contributed by atoms with Crippen molar-refractivity contribution < 1.29 is 23.6 Å². The van der Waals surface area contributed by atoms with E-state index in [9.17, 15) is 9.59 Å². The Bertz CT molecular complexity index is 1110. The first kappa shape index (κ1) is 23.0. The quantitative estimate of drug-likeness (QED) is 0.487. The number of para-hydroxylation sites is 1. The number of piperidine rings is 1. The molecular formula is C25H26N4O5. The van der Waals surface area contributed by atoms with E-state index in [-0.39, 0.29) is 25.2 Å². The number of hydrogen-bond donors (Lipinski definition) is 1. The Morgan fingerprint density at radius 2 is 1.94 bits per heavy atom. The maximum Gasteiger partial charge on any atom is 0.411 e. The summed E-state index contributed by atoms with van der Waals surface area (Å²) in [6.45, 7) is 4.20. The standard InChI is InChI=1S/C25H26N4O5/c1-2-16-32-25(31)26-19-13-11-18(12-14-19)23-27-24(34-28-23)21-10-6-7-15-29(21)22(30)17-33-20-8-4-3-5-9-20/h2-5,8-9,11-14,21H,1,6-7,10,15-17H2,(H,26,31). The van der Waals surface area contributed by atoms with Crippen molar-refractivity contribution >= 4 is 17.7 Å². The van der Waals surface area contributed by atoms with Gasteiger partial charge >= 0.3 is 6.09 Å². The lowest BCUT2D eigenvalue weighted by Crippen LogP contribution is -2.41. The van der Waals surface area contributed by atoms with Crippen LogP contribution in [0, 0.1) is 0 Å². The molecule has 34 heavy (non-hydrogen) atoms. The number of ether oxygens (including phenoxy) is 2. The Morgan fingerprint density at radius 1 is 1.15 bits per heavy atom. The van der Waals surface area contributed by atoms with Crippen molar-refractivity contribution in [2.75, 3.05) is 25.1 Å². The van der Waals surface area contributed by atoms with E-state index in [0.29, 0.717) is 29.7 Å². The van der Waals surface area contributed by atoms with Gasteiger partial charge in [-0.05, 0) is 55.7 Å². The number of hydrogen-bond acceptors (Lipinski definition) is 7. The summed E-state index contributed by atoms with van der Waals surface area (Å²) in [6, 6.07) is 15.9. The minimum Gasteiger partial charge on any atom is -0.484 e. The first-order chi connectivity index (χ1) is 16.6. The smallest absolute Gasteiger partial charge is 0.411 e. The average molecular weight is 463 g/mol. The normalized spacial score (nSPS) is 15.4. The van der Waals surface area contributed by atoms with Crippen molar-refractivity contribution in [2.45, 2.75) is 25.3 Å². The number of nitrogens with zero attached hydrogens (tertiary/aromatic N) is 3. The maximum absolute atomic E-state index is 12.9. The Labute approximate surface area is 197 Å². The van der Waals surface area contributed by atoms with Crippen LogP contribution in [0.15, 0.2) is 71.8 Å². The van der Waals surface area contributed by atoms with E-state index < -0.39 is 6.09 Å². The highest BCUT2D eigenvalue weighted by atomic mass is 16.5. The first-order valence-corrected chi connectivity index (χ1v) is 11.1. The van der Waals surface area contributed by atoms with Gasteiger partial charge in [0, 0.05) is 17.8 Å². The van der Waals surface area contributed by atoms with Crippen LogP contribution in [0.5, 0.6) is 5.75 Å². The SMILES string of the molecule is C=CCOC(=O)Nc1ccc(-c2noc(C3CCCCN3C(=O)COc3ccccc3)n2)cc1. The summed E-state index contributed by atoms with van der Waals surface area (Å²) in [5.74, 6) is 1.34. The molecule has 9 nitrogen and oxygen atoms in total. The summed E-state index contributed by atoms with van der Waals surface area (Å²) >= 11 is 0. The number of carbonyl (C=O) groups is 2. The maximum atomic E-state index is 12.9. The van der Waals surface area contributed by atoms with Gasteiger partial charge in [0.25, 0.3) is 5.91 Å². The summed E-state index contributed by atoms with van der Waals surface area (Å²) in [5.41, 5.74) is 1.30. The van der Waals surface area contributed by atoms with Gasteiger partial charge in [0.05, 0.1) is 0 Å². The van der Waals surface area contributed by atoms with E-state index in [4.69, 9.17) is 14.0 Å². The van der Waals surface area contributed by atoms with Gasteiger partial charge in [-0.25, -0.2) is 4.79 Å². The van der Waals surface area contributed by atoms with Crippen molar-refractivity contribution in [2.24, 2.45) is 0 Å². The number of anilines is 1. The van der Waals surface area contributed by atoms with E-state index in [1.54, 1.807) is 29.2 Å². The van der Waals surface area contributed by atoms with Crippen LogP contribution in [0.3, 0.4) is 0 Å². The largest absolute Gasteiger partial charge is 0.484 e. The third-order valence-electron chi connectivity index (χ3n) is 5.38. The van der Waals surface area contributed by atoms with E-state index >= 15 is 0 Å². The third-order valence-corrected chi connectivity index (χ3v) is 5.38. The Kier molecular flexibility index (Phi) is 7.54. The molecule has 1 aromatic heterocycles. The predicted molar refractivity (Wildman–Crippen MR) is 125 cm³/mol. The van der Waals surface area contributed by atoms with Gasteiger partial charge in [-0.2, -0.15) is 4.98 Å². The molecule has 1 aliphatic rings. The van der Waals surface area contributed by atoms with Gasteiger partial charge < -0.3 is 18.9 Å². The molecule has 1 aliphatic heterocycles. The van der Waals surface area contributed by atoms with Crippen LogP contribution in [0.4, 0.5) is 10.5 Å². The van der Waals surface area contributed by atoms with Crippen molar-refractivity contribution in [3.05, 3.63) is 73.1 Å². The fraction of sp³-hybridized carbons (Fsp3) is 0.280. The zero-order chi connectivity index (χ0) is 23.8. The third kappa shape index (κ3) is 5.80. The molecule has 3 aromatic rings. The van der Waals surface area contributed by atoms with Crippen LogP contribution in [-0.2, 0) is 9.53 Å². The number of benzene rings is 2. The molecule has 0 bridgehead atoms. The molecule has 1 fully saturated rings. The highest BCUT2D eigenvalue weighted by molar-refractivity contribution is 5.85. The highest BCUT2D eigenvalue weighted by Gasteiger charge is 2.32. The van der Waals surface area contributed by atoms with E-state index in [0.717, 1.165) is 24.8 Å². The van der Waals surface area contributed by atoms with Crippen molar-refractivity contribution in [1.29, 1.82) is 0 Å². The lowest BCUT2D eigenvalue weighted by Gasteiger charge is -2.33. The summed E-state index contributed by atoms with van der Waals surface area (Å²) in [4.78, 5) is 30.8. The van der Waals surface area contributed by atoms with Crippen molar-refractivity contribution in [3.8, 4) is 17.1 Å². The zero-order valence-electron chi connectivity index (χ0n) is 18.7. The van der Waals surface area contributed by atoms with Crippen LogP contribution in [0.2, 0.25) is 0 Å². The molecule has 0 saturated carbocycles. The molecule has 1 atom stereocenters. The fourth-order valence-corrected chi connectivity index (χ4v) is 3.71. The second-order valence-electron chi connectivity index (χ2n) is 7.75. The topological polar surface area (TPSA) is 107 Å². The molecule has 0 radical (unpaired) electrons. The second kappa shape index (κ2) is 11.1. The molecule has 0 spiro atoms. The molecule has 2 heterocycles. The average Bonchev–Trinajstić information content (AvgIpc) is 3.37. The Balaban J connectivity index is 1.40. The summed E-state index contributed by atoms with van der Waals surface area (Å²) in [7, 11) is 0. The van der Waals surface area contributed by atoms with E-state index in [1.807, 2.05) is 30.3 Å². The number of carbonyl (C=O) groups excluding carboxylic acids is 2. The molecule has 176 valence electrons. The monoisotopic (exact) mass is 462 g/mol. The van der Waals surface area contributed by atoms with Crippen LogP contribution in [0.1, 0.15) is 31.2 Å². The molecule has 4 rings (SSSR count). The molecule has 0 aliphatic carbocycles. The summed E-state index contributed by atoms with van der Waals surface area (Å²) in [5, 5.41) is 6.73. The van der Waals surface area contributed by atoms with Gasteiger partial charge in [-0.1, -0.05) is 36.0 Å². The van der Waals surface area contributed by atoms with Gasteiger partial charge in [0.2, 0.25) is 11.7 Å². The van der Waals surface area contributed by atoms with Crippen molar-refractivity contribution in [1.82, 2.24) is 15.0 Å². The fourth-order valence-electron chi connectivity index (χ4n) is 3.71. The number of amides is 2. The lowest BCUT2D eigenvalue weighted by atomic mass is 10.0.